The van der Waals surface area contributed by atoms with Gasteiger partial charge in [0, 0.05) is 19.3 Å². The molecule has 6 nitrogen and oxygen atoms in total. The summed E-state index contributed by atoms with van der Waals surface area (Å²) in [5.74, 6) is -1.18. The first-order valence-electron chi connectivity index (χ1n) is 6.54. The Labute approximate surface area is 113 Å². The molecule has 0 amide bonds. The van der Waals surface area contributed by atoms with Gasteiger partial charge in [-0.2, -0.15) is 0 Å². The normalized spacial score (nSPS) is 11.5. The average molecular weight is 274 g/mol. The van der Waals surface area contributed by atoms with E-state index in [-0.39, 0.29) is 32.0 Å². The van der Waals surface area contributed by atoms with Gasteiger partial charge in [-0.3, -0.25) is 14.4 Å². The maximum atomic E-state index is 11.2. The summed E-state index contributed by atoms with van der Waals surface area (Å²) in [6.07, 6.45) is 0.695. The molecule has 1 unspecified atom stereocenters. The summed E-state index contributed by atoms with van der Waals surface area (Å²) in [5, 5.41) is 0. The molecule has 0 fully saturated rings. The summed E-state index contributed by atoms with van der Waals surface area (Å²) < 4.78 is 14.9. The van der Waals surface area contributed by atoms with Crippen molar-refractivity contribution in [2.75, 3.05) is 13.2 Å². The van der Waals surface area contributed by atoms with Crippen LogP contribution >= 0.6 is 0 Å². The second-order valence-corrected chi connectivity index (χ2v) is 3.94. The Morgan fingerprint density at radius 1 is 0.842 bits per heavy atom. The highest BCUT2D eigenvalue weighted by molar-refractivity contribution is 5.70. The largest absolute Gasteiger partial charge is 0.462 e. The summed E-state index contributed by atoms with van der Waals surface area (Å²) in [7, 11) is 0. The van der Waals surface area contributed by atoms with E-state index < -0.39 is 18.0 Å². The zero-order valence-corrected chi connectivity index (χ0v) is 11.8. The van der Waals surface area contributed by atoms with Crippen LogP contribution in [-0.2, 0) is 28.6 Å². The second kappa shape index (κ2) is 10.3. The number of hydrogen-bond donors (Lipinski definition) is 0. The van der Waals surface area contributed by atoms with E-state index in [0.29, 0.717) is 12.8 Å². The minimum Gasteiger partial charge on any atom is -0.462 e. The van der Waals surface area contributed by atoms with Crippen LogP contribution in [-0.4, -0.2) is 37.2 Å². The van der Waals surface area contributed by atoms with Crippen LogP contribution in [0.3, 0.4) is 0 Å². The quantitative estimate of drug-likeness (QED) is 0.469. The Morgan fingerprint density at radius 2 is 1.37 bits per heavy atom. The summed E-state index contributed by atoms with van der Waals surface area (Å²) >= 11 is 0. The van der Waals surface area contributed by atoms with Gasteiger partial charge in [-0.1, -0.05) is 20.8 Å². The van der Waals surface area contributed by atoms with E-state index >= 15 is 0 Å². The van der Waals surface area contributed by atoms with Crippen molar-refractivity contribution in [2.24, 2.45) is 0 Å². The lowest BCUT2D eigenvalue weighted by Crippen LogP contribution is -2.30. The summed E-state index contributed by atoms with van der Waals surface area (Å²) in [4.78, 5) is 33.5. The van der Waals surface area contributed by atoms with E-state index in [1.807, 2.05) is 6.92 Å². The van der Waals surface area contributed by atoms with Crippen molar-refractivity contribution in [1.82, 2.24) is 0 Å². The molecular formula is C13H22O6. The highest BCUT2D eigenvalue weighted by Gasteiger charge is 2.18. The molecule has 0 aliphatic rings. The maximum absolute atomic E-state index is 11.2. The van der Waals surface area contributed by atoms with E-state index in [4.69, 9.17) is 14.2 Å². The highest BCUT2D eigenvalue weighted by Crippen LogP contribution is 2.01. The SMILES string of the molecule is CCCC(=O)OCC(COC(=O)CC)OC(=O)CC. The minimum atomic E-state index is -0.747. The fourth-order valence-electron chi connectivity index (χ4n) is 1.14. The van der Waals surface area contributed by atoms with Crippen molar-refractivity contribution < 1.29 is 28.6 Å². The molecule has 110 valence electrons. The molecule has 0 rings (SSSR count). The van der Waals surface area contributed by atoms with Crippen LogP contribution in [0.1, 0.15) is 46.5 Å². The predicted molar refractivity (Wildman–Crippen MR) is 67.3 cm³/mol. The molecule has 6 heteroatoms. The fourth-order valence-corrected chi connectivity index (χ4v) is 1.14. The van der Waals surface area contributed by atoms with E-state index in [9.17, 15) is 14.4 Å². The van der Waals surface area contributed by atoms with Crippen molar-refractivity contribution in [2.45, 2.75) is 52.6 Å². The molecule has 0 bridgehead atoms. The van der Waals surface area contributed by atoms with Gasteiger partial charge in [0.05, 0.1) is 0 Å². The summed E-state index contributed by atoms with van der Waals surface area (Å²) in [6.45, 7) is 4.98. The predicted octanol–water partition coefficient (Wildman–Crippen LogP) is 1.60. The molecule has 0 aromatic heterocycles. The molecule has 0 aliphatic heterocycles. The molecule has 19 heavy (non-hydrogen) atoms. The lowest BCUT2D eigenvalue weighted by molar-refractivity contribution is -0.166. The fraction of sp³-hybridized carbons (Fsp3) is 0.769. The first-order chi connectivity index (χ1) is 9.03. The van der Waals surface area contributed by atoms with Gasteiger partial charge in [0.25, 0.3) is 0 Å². The summed E-state index contributed by atoms with van der Waals surface area (Å²) in [5.41, 5.74) is 0. The second-order valence-electron chi connectivity index (χ2n) is 3.94. The lowest BCUT2D eigenvalue weighted by atomic mass is 10.3. The summed E-state index contributed by atoms with van der Waals surface area (Å²) in [6, 6.07) is 0. The van der Waals surface area contributed by atoms with Crippen LogP contribution in [0.25, 0.3) is 0 Å². The topological polar surface area (TPSA) is 78.9 Å². The number of carbonyl (C=O) groups is 3. The molecule has 0 saturated carbocycles. The number of ether oxygens (including phenoxy) is 3. The van der Waals surface area contributed by atoms with Gasteiger partial charge >= 0.3 is 17.9 Å². The zero-order valence-electron chi connectivity index (χ0n) is 11.8. The highest BCUT2D eigenvalue weighted by atomic mass is 16.6. The van der Waals surface area contributed by atoms with Gasteiger partial charge in [0.2, 0.25) is 0 Å². The van der Waals surface area contributed by atoms with Gasteiger partial charge in [-0.05, 0) is 6.42 Å². The van der Waals surface area contributed by atoms with Gasteiger partial charge in [0.1, 0.15) is 13.2 Å². The van der Waals surface area contributed by atoms with Crippen LogP contribution in [0.4, 0.5) is 0 Å². The van der Waals surface area contributed by atoms with Crippen LogP contribution in [0, 0.1) is 0 Å². The monoisotopic (exact) mass is 274 g/mol. The van der Waals surface area contributed by atoms with Crippen molar-refractivity contribution in [3.05, 3.63) is 0 Å². The molecule has 0 N–H and O–H groups in total. The third kappa shape index (κ3) is 9.04. The first kappa shape index (κ1) is 17.4. The van der Waals surface area contributed by atoms with Crippen molar-refractivity contribution in [3.8, 4) is 0 Å². The third-order valence-electron chi connectivity index (χ3n) is 2.19. The Bertz CT molecular complexity index is 300. The van der Waals surface area contributed by atoms with Gasteiger partial charge in [0.15, 0.2) is 6.10 Å². The Kier molecular flexibility index (Phi) is 9.48. The van der Waals surface area contributed by atoms with E-state index in [1.165, 1.54) is 0 Å². The Hall–Kier alpha value is -1.59. The molecule has 0 aromatic carbocycles. The van der Waals surface area contributed by atoms with Crippen LogP contribution in [0.5, 0.6) is 0 Å². The Balaban J connectivity index is 4.20. The number of esters is 3. The smallest absolute Gasteiger partial charge is 0.306 e. The van der Waals surface area contributed by atoms with E-state index in [2.05, 4.69) is 0 Å². The van der Waals surface area contributed by atoms with E-state index in [0.717, 1.165) is 0 Å². The standard InChI is InChI=1S/C13H22O6/c1-4-7-13(16)18-9-10(19-12(15)6-3)8-17-11(14)5-2/h10H,4-9H2,1-3H3. The maximum Gasteiger partial charge on any atom is 0.306 e. The molecule has 0 aliphatic carbocycles. The number of hydrogen-bond acceptors (Lipinski definition) is 6. The van der Waals surface area contributed by atoms with E-state index in [1.54, 1.807) is 13.8 Å². The van der Waals surface area contributed by atoms with Gasteiger partial charge in [-0.15, -0.1) is 0 Å². The van der Waals surface area contributed by atoms with Gasteiger partial charge in [-0.25, -0.2) is 0 Å². The molecule has 0 aromatic rings. The van der Waals surface area contributed by atoms with Gasteiger partial charge < -0.3 is 14.2 Å². The van der Waals surface area contributed by atoms with Crippen LogP contribution in [0.2, 0.25) is 0 Å². The van der Waals surface area contributed by atoms with Crippen LogP contribution in [0.15, 0.2) is 0 Å². The number of rotatable bonds is 9. The van der Waals surface area contributed by atoms with Crippen molar-refractivity contribution in [3.63, 3.8) is 0 Å². The molecule has 0 radical (unpaired) electrons. The lowest BCUT2D eigenvalue weighted by Gasteiger charge is -2.17. The molecule has 0 heterocycles. The van der Waals surface area contributed by atoms with Crippen LogP contribution < -0.4 is 0 Å². The third-order valence-corrected chi connectivity index (χ3v) is 2.19. The Morgan fingerprint density at radius 3 is 1.84 bits per heavy atom. The molecule has 1 atom stereocenters. The van der Waals surface area contributed by atoms with Crippen molar-refractivity contribution >= 4 is 17.9 Å². The molecule has 0 saturated heterocycles. The molecule has 0 spiro atoms. The first-order valence-corrected chi connectivity index (χ1v) is 6.54. The zero-order chi connectivity index (χ0) is 14.7. The molecular weight excluding hydrogens is 252 g/mol. The number of carbonyl (C=O) groups excluding carboxylic acids is 3. The van der Waals surface area contributed by atoms with Crippen molar-refractivity contribution in [1.29, 1.82) is 0 Å². The average Bonchev–Trinajstić information content (AvgIpc) is 2.41. The minimum absolute atomic E-state index is 0.0957.